The third-order valence-electron chi connectivity index (χ3n) is 2.65. The highest BCUT2D eigenvalue weighted by molar-refractivity contribution is 5.86. The predicted octanol–water partition coefficient (Wildman–Crippen LogP) is 0.712. The number of anilines is 1. The van der Waals surface area contributed by atoms with Crippen LogP contribution in [0.25, 0.3) is 0 Å². The van der Waals surface area contributed by atoms with Crippen molar-refractivity contribution in [1.29, 1.82) is 0 Å². The number of aromatic nitrogens is 2. The minimum atomic E-state index is -0.478. The molecule has 0 aliphatic carbocycles. The molecule has 1 aromatic rings. The van der Waals surface area contributed by atoms with E-state index in [1.807, 2.05) is 0 Å². The van der Waals surface area contributed by atoms with Gasteiger partial charge in [-0.2, -0.15) is 0 Å². The summed E-state index contributed by atoms with van der Waals surface area (Å²) in [5.41, 5.74) is 0.210. The molecule has 0 aromatic carbocycles. The van der Waals surface area contributed by atoms with Gasteiger partial charge in [0, 0.05) is 19.1 Å². The van der Waals surface area contributed by atoms with Crippen molar-refractivity contribution in [3.8, 4) is 0 Å². The highest BCUT2D eigenvalue weighted by Gasteiger charge is 2.15. The number of carbonyl (C=O) groups excluding carboxylic acids is 1. The molecule has 0 radical (unpaired) electrons. The molecule has 0 amide bonds. The summed E-state index contributed by atoms with van der Waals surface area (Å²) in [6.45, 7) is 2.44. The molecule has 1 aromatic heterocycles. The molecule has 1 fully saturated rings. The lowest BCUT2D eigenvalue weighted by Crippen LogP contribution is -2.15. The van der Waals surface area contributed by atoms with Crippen molar-refractivity contribution in [3.05, 3.63) is 17.8 Å². The molecule has 1 N–H and O–H groups in total. The monoisotopic (exact) mass is 237 g/mol. The number of rotatable bonds is 4. The fraction of sp³-hybridized carbons (Fsp3) is 0.545. The van der Waals surface area contributed by atoms with Crippen LogP contribution < -0.4 is 5.32 Å². The van der Waals surface area contributed by atoms with E-state index in [1.54, 1.807) is 12.1 Å². The number of hydrogen-bond acceptors (Lipinski definition) is 6. The van der Waals surface area contributed by atoms with Crippen molar-refractivity contribution in [2.75, 3.05) is 32.2 Å². The summed E-state index contributed by atoms with van der Waals surface area (Å²) >= 11 is 0. The first kappa shape index (κ1) is 11.8. The predicted molar refractivity (Wildman–Crippen MR) is 60.8 cm³/mol. The van der Waals surface area contributed by atoms with Crippen molar-refractivity contribution in [1.82, 2.24) is 10.2 Å². The van der Waals surface area contributed by atoms with E-state index in [-0.39, 0.29) is 5.69 Å². The van der Waals surface area contributed by atoms with E-state index in [2.05, 4.69) is 20.3 Å². The molecule has 0 spiro atoms. The molecular formula is C11H15N3O3. The highest BCUT2D eigenvalue weighted by atomic mass is 16.5. The molecule has 1 aliphatic rings. The Labute approximate surface area is 99.3 Å². The van der Waals surface area contributed by atoms with Gasteiger partial charge in [0.2, 0.25) is 0 Å². The summed E-state index contributed by atoms with van der Waals surface area (Å²) in [5, 5.41) is 10.8. The second-order valence-corrected chi connectivity index (χ2v) is 3.91. The Balaban J connectivity index is 1.87. The van der Waals surface area contributed by atoms with E-state index in [0.717, 1.165) is 26.2 Å². The Morgan fingerprint density at radius 2 is 2.47 bits per heavy atom. The SMILES string of the molecule is COC(=O)c1ccc(NCC2CCOC2)nn1. The van der Waals surface area contributed by atoms with Crippen LogP contribution in [-0.2, 0) is 9.47 Å². The number of ether oxygens (including phenoxy) is 2. The Morgan fingerprint density at radius 1 is 1.59 bits per heavy atom. The van der Waals surface area contributed by atoms with Gasteiger partial charge in [0.1, 0.15) is 5.82 Å². The van der Waals surface area contributed by atoms with Crippen LogP contribution in [0.15, 0.2) is 12.1 Å². The number of methoxy groups -OCH3 is 1. The molecule has 1 aliphatic heterocycles. The Bertz CT molecular complexity index is 374. The van der Waals surface area contributed by atoms with Crippen LogP contribution in [-0.4, -0.2) is 43.0 Å². The largest absolute Gasteiger partial charge is 0.464 e. The zero-order valence-electron chi connectivity index (χ0n) is 9.68. The zero-order chi connectivity index (χ0) is 12.1. The van der Waals surface area contributed by atoms with Gasteiger partial charge >= 0.3 is 5.97 Å². The molecule has 17 heavy (non-hydrogen) atoms. The lowest BCUT2D eigenvalue weighted by Gasteiger charge is -2.09. The normalized spacial score (nSPS) is 19.0. The smallest absolute Gasteiger partial charge is 0.358 e. The van der Waals surface area contributed by atoms with Crippen molar-refractivity contribution < 1.29 is 14.3 Å². The van der Waals surface area contributed by atoms with Crippen LogP contribution >= 0.6 is 0 Å². The number of hydrogen-bond donors (Lipinski definition) is 1. The van der Waals surface area contributed by atoms with Gasteiger partial charge in [0.25, 0.3) is 0 Å². The summed E-state index contributed by atoms with van der Waals surface area (Å²) in [6, 6.07) is 3.31. The van der Waals surface area contributed by atoms with Crippen molar-refractivity contribution in [2.24, 2.45) is 5.92 Å². The second-order valence-electron chi connectivity index (χ2n) is 3.91. The molecule has 0 saturated carbocycles. The van der Waals surface area contributed by atoms with Gasteiger partial charge in [-0.15, -0.1) is 10.2 Å². The molecule has 0 bridgehead atoms. The second kappa shape index (κ2) is 5.58. The average molecular weight is 237 g/mol. The molecule has 1 unspecified atom stereocenters. The van der Waals surface area contributed by atoms with Gasteiger partial charge in [-0.1, -0.05) is 0 Å². The Kier molecular flexibility index (Phi) is 3.87. The summed E-state index contributed by atoms with van der Waals surface area (Å²) in [7, 11) is 1.32. The summed E-state index contributed by atoms with van der Waals surface area (Å²) in [6.07, 6.45) is 1.07. The van der Waals surface area contributed by atoms with Gasteiger partial charge < -0.3 is 14.8 Å². The van der Waals surface area contributed by atoms with E-state index in [1.165, 1.54) is 7.11 Å². The van der Waals surface area contributed by atoms with Crippen LogP contribution in [0, 0.1) is 5.92 Å². The summed E-state index contributed by atoms with van der Waals surface area (Å²) in [5.74, 6) is 0.704. The summed E-state index contributed by atoms with van der Waals surface area (Å²) in [4.78, 5) is 11.1. The zero-order valence-corrected chi connectivity index (χ0v) is 9.68. The fourth-order valence-electron chi connectivity index (χ4n) is 1.63. The van der Waals surface area contributed by atoms with E-state index < -0.39 is 5.97 Å². The van der Waals surface area contributed by atoms with Crippen molar-refractivity contribution in [3.63, 3.8) is 0 Å². The molecule has 92 valence electrons. The number of nitrogens with one attached hydrogen (secondary N) is 1. The van der Waals surface area contributed by atoms with Gasteiger partial charge in [0.05, 0.1) is 13.7 Å². The third-order valence-corrected chi connectivity index (χ3v) is 2.65. The molecule has 6 heteroatoms. The number of nitrogens with zero attached hydrogens (tertiary/aromatic N) is 2. The maximum Gasteiger partial charge on any atom is 0.358 e. The van der Waals surface area contributed by atoms with E-state index in [0.29, 0.717) is 11.7 Å². The maximum absolute atomic E-state index is 11.1. The quantitative estimate of drug-likeness (QED) is 0.777. The minimum absolute atomic E-state index is 0.210. The van der Waals surface area contributed by atoms with Crippen molar-refractivity contribution in [2.45, 2.75) is 6.42 Å². The maximum atomic E-state index is 11.1. The first-order valence-electron chi connectivity index (χ1n) is 5.53. The van der Waals surface area contributed by atoms with Gasteiger partial charge in [0.15, 0.2) is 5.69 Å². The lowest BCUT2D eigenvalue weighted by atomic mass is 10.1. The number of esters is 1. The van der Waals surface area contributed by atoms with Gasteiger partial charge in [-0.25, -0.2) is 4.79 Å². The first-order chi connectivity index (χ1) is 8.29. The molecule has 1 atom stereocenters. The number of carbonyl (C=O) groups is 1. The van der Waals surface area contributed by atoms with Gasteiger partial charge in [-0.05, 0) is 18.6 Å². The fourth-order valence-corrected chi connectivity index (χ4v) is 1.63. The standard InChI is InChI=1S/C11H15N3O3/c1-16-11(15)9-2-3-10(14-13-9)12-6-8-4-5-17-7-8/h2-3,8H,4-7H2,1H3,(H,12,14). The summed E-state index contributed by atoms with van der Waals surface area (Å²) < 4.78 is 9.81. The molecule has 2 heterocycles. The Morgan fingerprint density at radius 3 is 3.06 bits per heavy atom. The molecule has 2 rings (SSSR count). The van der Waals surface area contributed by atoms with E-state index in [9.17, 15) is 4.79 Å². The minimum Gasteiger partial charge on any atom is -0.464 e. The Hall–Kier alpha value is -1.69. The van der Waals surface area contributed by atoms with Gasteiger partial charge in [-0.3, -0.25) is 0 Å². The van der Waals surface area contributed by atoms with Crippen LogP contribution in [0.1, 0.15) is 16.9 Å². The van der Waals surface area contributed by atoms with Crippen LogP contribution in [0.2, 0.25) is 0 Å². The molecule has 6 nitrogen and oxygen atoms in total. The van der Waals surface area contributed by atoms with Crippen LogP contribution in [0.4, 0.5) is 5.82 Å². The van der Waals surface area contributed by atoms with E-state index in [4.69, 9.17) is 4.74 Å². The third kappa shape index (κ3) is 3.13. The topological polar surface area (TPSA) is 73.3 Å². The molecular weight excluding hydrogens is 222 g/mol. The first-order valence-corrected chi connectivity index (χ1v) is 5.53. The molecule has 1 saturated heterocycles. The lowest BCUT2D eigenvalue weighted by molar-refractivity contribution is 0.0593. The van der Waals surface area contributed by atoms with E-state index >= 15 is 0 Å². The average Bonchev–Trinajstić information content (AvgIpc) is 2.89. The van der Waals surface area contributed by atoms with Crippen LogP contribution in [0.3, 0.4) is 0 Å². The van der Waals surface area contributed by atoms with Crippen LogP contribution in [0.5, 0.6) is 0 Å². The van der Waals surface area contributed by atoms with Crippen molar-refractivity contribution >= 4 is 11.8 Å². The highest BCUT2D eigenvalue weighted by Crippen LogP contribution is 2.13.